The van der Waals surface area contributed by atoms with Gasteiger partial charge in [0.15, 0.2) is 27.8 Å². The average molecular weight is 703 g/mol. The molecule has 2 saturated heterocycles. The van der Waals surface area contributed by atoms with E-state index in [-0.39, 0.29) is 26.9 Å². The van der Waals surface area contributed by atoms with E-state index in [2.05, 4.69) is 35.2 Å². The number of hydrogen-bond donors (Lipinski definition) is 5. The van der Waals surface area contributed by atoms with Gasteiger partial charge >= 0.3 is 0 Å². The van der Waals surface area contributed by atoms with E-state index in [1.54, 1.807) is 27.6 Å². The van der Waals surface area contributed by atoms with E-state index in [4.69, 9.17) is 34.8 Å². The van der Waals surface area contributed by atoms with Crippen LogP contribution in [0, 0.1) is 5.82 Å². The SMILES string of the molecule is O[C@@H]1[C@H](O)CS[C@H]1n1cnc2c(NCc3cccc(F)c3)nc(Cl)nc21.O[C@H]1[C@H](O)CS[C@H]1n1cnc2c(Cl)nc(Cl)nc21. The Balaban J connectivity index is 0.000000167. The smallest absolute Gasteiger partial charge is 0.226 e. The molecule has 19 heteroatoms. The number of imidazole rings is 2. The van der Waals surface area contributed by atoms with Crippen molar-refractivity contribution in [2.75, 3.05) is 16.8 Å². The van der Waals surface area contributed by atoms with Crippen molar-refractivity contribution in [3.8, 4) is 0 Å². The second-order valence-electron chi connectivity index (χ2n) is 9.82. The topological polar surface area (TPSA) is 180 Å². The van der Waals surface area contributed by atoms with Crippen LogP contribution in [0.25, 0.3) is 22.3 Å². The molecular weight excluding hydrogens is 680 g/mol. The number of aliphatic hydroxyl groups is 4. The van der Waals surface area contributed by atoms with Gasteiger partial charge in [0.05, 0.1) is 24.9 Å². The molecule has 0 saturated carbocycles. The van der Waals surface area contributed by atoms with Crippen LogP contribution >= 0.6 is 58.3 Å². The fourth-order valence-electron chi connectivity index (χ4n) is 4.73. The van der Waals surface area contributed by atoms with Crippen LogP contribution in [0.5, 0.6) is 0 Å². The van der Waals surface area contributed by atoms with Gasteiger partial charge < -0.3 is 25.7 Å². The first kappa shape index (κ1) is 31.4. The highest BCUT2D eigenvalue weighted by atomic mass is 35.5. The molecule has 0 bridgehead atoms. The quantitative estimate of drug-likeness (QED) is 0.133. The van der Waals surface area contributed by atoms with Crippen molar-refractivity contribution in [1.29, 1.82) is 0 Å². The second-order valence-corrected chi connectivity index (χ2v) is 13.2. The summed E-state index contributed by atoms with van der Waals surface area (Å²) in [5.74, 6) is 0.985. The molecule has 0 unspecified atom stereocenters. The number of halogens is 4. The summed E-state index contributed by atoms with van der Waals surface area (Å²) < 4.78 is 16.7. The van der Waals surface area contributed by atoms with Crippen molar-refractivity contribution < 1.29 is 24.8 Å². The largest absolute Gasteiger partial charge is 0.389 e. The molecule has 2 aliphatic heterocycles. The molecule has 232 valence electrons. The summed E-state index contributed by atoms with van der Waals surface area (Å²) in [6, 6.07) is 6.23. The molecule has 5 aromatic rings. The summed E-state index contributed by atoms with van der Waals surface area (Å²) in [5.41, 5.74) is 2.57. The molecule has 0 amide bonds. The predicted octanol–water partition coefficient (Wildman–Crippen LogP) is 3.30. The Morgan fingerprint density at radius 3 is 1.95 bits per heavy atom. The highest BCUT2D eigenvalue weighted by Gasteiger charge is 2.37. The molecule has 2 fully saturated rings. The molecule has 0 radical (unpaired) electrons. The van der Waals surface area contributed by atoms with Gasteiger partial charge in [0, 0.05) is 18.1 Å². The molecule has 0 aliphatic carbocycles. The fourth-order valence-corrected chi connectivity index (χ4v) is 7.89. The van der Waals surface area contributed by atoms with Crippen LogP contribution in [-0.2, 0) is 6.54 Å². The minimum atomic E-state index is -0.921. The molecule has 7 rings (SSSR count). The third-order valence-electron chi connectivity index (χ3n) is 6.89. The highest BCUT2D eigenvalue weighted by Crippen LogP contribution is 2.39. The van der Waals surface area contributed by atoms with Crippen LogP contribution in [-0.4, -0.2) is 95.4 Å². The van der Waals surface area contributed by atoms with Crippen molar-refractivity contribution >= 4 is 86.5 Å². The molecule has 5 N–H and O–H groups in total. The fraction of sp³-hybridized carbons (Fsp3) is 0.360. The molecule has 2 aliphatic rings. The average Bonchev–Trinajstić information content (AvgIpc) is 3.75. The van der Waals surface area contributed by atoms with Crippen molar-refractivity contribution in [1.82, 2.24) is 39.0 Å². The van der Waals surface area contributed by atoms with Crippen LogP contribution in [0.15, 0.2) is 36.9 Å². The normalized spacial score (nSPS) is 25.0. The summed E-state index contributed by atoms with van der Waals surface area (Å²) in [6.45, 7) is 0.340. The van der Waals surface area contributed by atoms with Gasteiger partial charge in [-0.05, 0) is 40.9 Å². The zero-order valence-corrected chi connectivity index (χ0v) is 26.1. The molecule has 13 nitrogen and oxygen atoms in total. The van der Waals surface area contributed by atoms with Crippen LogP contribution in [0.2, 0.25) is 15.7 Å². The minimum Gasteiger partial charge on any atom is -0.389 e. The number of rotatable bonds is 5. The van der Waals surface area contributed by atoms with Gasteiger partial charge in [-0.1, -0.05) is 23.7 Å². The Labute approximate surface area is 271 Å². The lowest BCUT2D eigenvalue weighted by Crippen LogP contribution is -2.27. The van der Waals surface area contributed by atoms with Gasteiger partial charge in [0.25, 0.3) is 0 Å². The monoisotopic (exact) mass is 701 g/mol. The van der Waals surface area contributed by atoms with E-state index in [1.165, 1.54) is 42.0 Å². The van der Waals surface area contributed by atoms with Crippen LogP contribution in [0.3, 0.4) is 0 Å². The number of hydrogen-bond acceptors (Lipinski definition) is 13. The number of anilines is 1. The standard InChI is InChI=1S/C16H15ClFN5O2S.C9H8Cl2N4O2S/c17-16-21-13(19-5-8-2-1-3-9(18)4-8)11-14(22-16)23(7-20-11)15-12(25)10(24)6-26-15;10-6-4-7(14-9(11)13-6)15(2-12-4)8-5(17)3(16)1-18-8/h1-4,7,10,12,15,24-25H,5-6H2,(H,19,21,22);2-3,5,8,16-17H,1H2/t10-,12-,15-;3-,5+,8-/m11/s1. The zero-order chi connectivity index (χ0) is 31.1. The lowest BCUT2D eigenvalue weighted by atomic mass is 10.2. The number of aromatic nitrogens is 8. The lowest BCUT2D eigenvalue weighted by molar-refractivity contribution is 0.0313. The number of fused-ring (bicyclic) bond motifs is 2. The lowest BCUT2D eigenvalue weighted by Gasteiger charge is -2.17. The Bertz CT molecular complexity index is 1820. The number of aliphatic hydroxyl groups excluding tert-OH is 4. The number of nitrogens with one attached hydrogen (secondary N) is 1. The Morgan fingerprint density at radius 2 is 1.39 bits per heavy atom. The Morgan fingerprint density at radius 1 is 0.818 bits per heavy atom. The Kier molecular flexibility index (Phi) is 9.33. The van der Waals surface area contributed by atoms with Crippen molar-refractivity contribution in [3.05, 3.63) is 64.0 Å². The van der Waals surface area contributed by atoms with Gasteiger partial charge in [-0.25, -0.2) is 19.3 Å². The molecule has 6 heterocycles. The molecule has 4 aromatic heterocycles. The summed E-state index contributed by atoms with van der Waals surface area (Å²) in [4.78, 5) is 24.7. The van der Waals surface area contributed by atoms with Gasteiger partial charge in [-0.15, -0.1) is 23.5 Å². The van der Waals surface area contributed by atoms with E-state index in [9.17, 15) is 24.8 Å². The van der Waals surface area contributed by atoms with Crippen LogP contribution in [0.4, 0.5) is 10.2 Å². The first-order valence-corrected chi connectivity index (χ1v) is 16.2. The van der Waals surface area contributed by atoms with E-state index in [0.717, 1.165) is 5.56 Å². The third kappa shape index (κ3) is 6.27. The minimum absolute atomic E-state index is 0.0206. The molecule has 6 atom stereocenters. The number of thioether (sulfide) groups is 2. The number of nitrogens with zero attached hydrogens (tertiary/aromatic N) is 8. The van der Waals surface area contributed by atoms with Crippen LogP contribution in [0.1, 0.15) is 16.3 Å². The zero-order valence-electron chi connectivity index (χ0n) is 22.2. The second kappa shape index (κ2) is 13.1. The third-order valence-corrected chi connectivity index (χ3v) is 10.3. The Hall–Kier alpha value is -2.54. The summed E-state index contributed by atoms with van der Waals surface area (Å²) in [5, 5.41) is 41.9. The maximum atomic E-state index is 13.3. The summed E-state index contributed by atoms with van der Waals surface area (Å²) >= 11 is 20.6. The maximum Gasteiger partial charge on any atom is 0.226 e. The van der Waals surface area contributed by atoms with Crippen LogP contribution < -0.4 is 5.32 Å². The van der Waals surface area contributed by atoms with Gasteiger partial charge in [0.2, 0.25) is 10.6 Å². The molecular formula is C25H23Cl3FN9O4S2. The van der Waals surface area contributed by atoms with Crippen molar-refractivity contribution in [3.63, 3.8) is 0 Å². The molecule has 1 aromatic carbocycles. The van der Waals surface area contributed by atoms with Gasteiger partial charge in [-0.3, -0.25) is 9.13 Å². The molecule has 0 spiro atoms. The van der Waals surface area contributed by atoms with Gasteiger partial charge in [0.1, 0.15) is 34.3 Å². The summed E-state index contributed by atoms with van der Waals surface area (Å²) in [6.07, 6.45) is -0.298. The van der Waals surface area contributed by atoms with Crippen molar-refractivity contribution in [2.24, 2.45) is 0 Å². The first-order valence-electron chi connectivity index (χ1n) is 13.0. The van der Waals surface area contributed by atoms with E-state index in [0.29, 0.717) is 46.2 Å². The van der Waals surface area contributed by atoms with Gasteiger partial charge in [-0.2, -0.15) is 15.0 Å². The number of benzene rings is 1. The maximum absolute atomic E-state index is 13.3. The predicted molar refractivity (Wildman–Crippen MR) is 166 cm³/mol. The van der Waals surface area contributed by atoms with E-state index >= 15 is 0 Å². The highest BCUT2D eigenvalue weighted by molar-refractivity contribution is 7.99. The molecule has 44 heavy (non-hydrogen) atoms. The van der Waals surface area contributed by atoms with Crippen molar-refractivity contribution in [2.45, 2.75) is 41.7 Å². The first-order chi connectivity index (χ1) is 21.1. The van der Waals surface area contributed by atoms with E-state index < -0.39 is 29.8 Å². The summed E-state index contributed by atoms with van der Waals surface area (Å²) in [7, 11) is 0. The van der Waals surface area contributed by atoms with E-state index in [1.807, 2.05) is 0 Å².